The van der Waals surface area contributed by atoms with Crippen LogP contribution >= 0.6 is 0 Å². The number of hydrogen-bond donors (Lipinski definition) is 2. The number of aliphatic hydroxyl groups is 1. The maximum atomic E-state index is 11.5. The zero-order chi connectivity index (χ0) is 30.7. The van der Waals surface area contributed by atoms with Gasteiger partial charge in [-0.05, 0) is 56.4 Å². The van der Waals surface area contributed by atoms with Gasteiger partial charge in [0.05, 0.1) is 41.2 Å². The predicted molar refractivity (Wildman–Crippen MR) is 170 cm³/mol. The molecule has 2 aliphatic rings. The number of aliphatic hydroxyl groups excluding tert-OH is 1. The van der Waals surface area contributed by atoms with Gasteiger partial charge < -0.3 is 15.1 Å². The van der Waals surface area contributed by atoms with Gasteiger partial charge in [-0.3, -0.25) is 9.48 Å². The molecule has 5 aromatic rings. The quantitative estimate of drug-likeness (QED) is 0.226. The van der Waals surface area contributed by atoms with E-state index >= 15 is 0 Å². The van der Waals surface area contributed by atoms with Gasteiger partial charge in [0.1, 0.15) is 5.82 Å². The van der Waals surface area contributed by atoms with Crippen molar-refractivity contribution in [3.8, 4) is 16.9 Å². The van der Waals surface area contributed by atoms with Gasteiger partial charge >= 0.3 is 5.97 Å². The Bertz CT molecular complexity index is 1880. The van der Waals surface area contributed by atoms with E-state index in [4.69, 9.17) is 15.2 Å². The van der Waals surface area contributed by atoms with Gasteiger partial charge in [-0.15, -0.1) is 0 Å². The Hall–Kier alpha value is -4.50. The first-order valence-electron chi connectivity index (χ1n) is 15.4. The second-order valence-corrected chi connectivity index (χ2v) is 12.8. The summed E-state index contributed by atoms with van der Waals surface area (Å²) in [4.78, 5) is 18.8. The van der Waals surface area contributed by atoms with Crippen LogP contribution in [0.3, 0.4) is 0 Å². The third kappa shape index (κ3) is 4.76. The van der Waals surface area contributed by atoms with E-state index in [0.29, 0.717) is 6.54 Å². The van der Waals surface area contributed by atoms with E-state index in [-0.39, 0.29) is 17.3 Å². The topological polar surface area (TPSA) is 109 Å². The van der Waals surface area contributed by atoms with Crippen molar-refractivity contribution in [2.45, 2.75) is 59.1 Å². The molecule has 9 nitrogen and oxygen atoms in total. The van der Waals surface area contributed by atoms with Crippen LogP contribution in [0, 0.1) is 25.2 Å². The van der Waals surface area contributed by atoms with E-state index in [9.17, 15) is 15.0 Å². The number of fused-ring (bicyclic) bond motifs is 1. The third-order valence-electron chi connectivity index (χ3n) is 9.61. The molecular formula is C35H38N6O3. The molecule has 0 amide bonds. The second kappa shape index (κ2) is 10.6. The fraction of sp³-hybridized carbons (Fsp3) is 0.371. The SMILES string of the molecule is Cc1nc(N2CCC3(CC3C(=O)O)C2)ccc1-n1nc(-c2cccc3nn(CC(O)c4ccccc4)cc23)c(C(C)C)c1C. The molecule has 226 valence electrons. The van der Waals surface area contributed by atoms with E-state index in [1.54, 1.807) is 0 Å². The molecule has 2 fully saturated rings. The molecule has 4 heterocycles. The molecule has 3 aromatic heterocycles. The number of carboxylic acids is 1. The van der Waals surface area contributed by atoms with Gasteiger partial charge in [-0.2, -0.15) is 10.2 Å². The van der Waals surface area contributed by atoms with Crippen molar-refractivity contribution in [2.75, 3.05) is 18.0 Å². The first-order chi connectivity index (χ1) is 21.1. The van der Waals surface area contributed by atoms with Crippen LogP contribution in [-0.4, -0.2) is 53.8 Å². The molecule has 2 aromatic carbocycles. The highest BCUT2D eigenvalue weighted by Gasteiger charge is 2.61. The van der Waals surface area contributed by atoms with Crippen molar-refractivity contribution in [3.05, 3.63) is 89.4 Å². The fourth-order valence-corrected chi connectivity index (χ4v) is 7.17. The highest BCUT2D eigenvalue weighted by molar-refractivity contribution is 5.94. The van der Waals surface area contributed by atoms with Crippen molar-refractivity contribution >= 4 is 22.7 Å². The van der Waals surface area contributed by atoms with Crippen LogP contribution < -0.4 is 4.90 Å². The minimum absolute atomic E-state index is 0.0891. The van der Waals surface area contributed by atoms with Crippen molar-refractivity contribution < 1.29 is 15.0 Å². The first kappa shape index (κ1) is 28.3. The number of anilines is 1. The second-order valence-electron chi connectivity index (χ2n) is 12.8. The summed E-state index contributed by atoms with van der Waals surface area (Å²) in [5, 5.41) is 31.3. The Morgan fingerprint density at radius 3 is 2.55 bits per heavy atom. The number of pyridine rings is 1. The summed E-state index contributed by atoms with van der Waals surface area (Å²) >= 11 is 0. The zero-order valence-corrected chi connectivity index (χ0v) is 25.6. The molecule has 1 saturated carbocycles. The summed E-state index contributed by atoms with van der Waals surface area (Å²) in [7, 11) is 0. The number of aryl methyl sites for hydroxylation is 1. The van der Waals surface area contributed by atoms with Gasteiger partial charge in [-0.25, -0.2) is 9.67 Å². The van der Waals surface area contributed by atoms with E-state index in [2.05, 4.69) is 37.8 Å². The van der Waals surface area contributed by atoms with Crippen LogP contribution in [0.15, 0.2) is 66.9 Å². The van der Waals surface area contributed by atoms with Crippen LogP contribution in [0.25, 0.3) is 27.8 Å². The summed E-state index contributed by atoms with van der Waals surface area (Å²) in [5.74, 6) is 0.226. The molecule has 0 radical (unpaired) electrons. The minimum Gasteiger partial charge on any atom is -0.481 e. The zero-order valence-electron chi connectivity index (χ0n) is 25.6. The number of aliphatic carboxylic acids is 1. The molecule has 2 N–H and O–H groups in total. The molecule has 3 unspecified atom stereocenters. The molecule has 3 atom stereocenters. The molecule has 7 rings (SSSR count). The lowest BCUT2D eigenvalue weighted by atomic mass is 9.95. The lowest BCUT2D eigenvalue weighted by Crippen LogP contribution is -2.23. The summed E-state index contributed by atoms with van der Waals surface area (Å²) in [5.41, 5.74) is 7.61. The smallest absolute Gasteiger partial charge is 0.307 e. The first-order valence-corrected chi connectivity index (χ1v) is 15.4. The number of rotatable bonds is 8. The Morgan fingerprint density at radius 2 is 1.84 bits per heavy atom. The van der Waals surface area contributed by atoms with E-state index < -0.39 is 12.1 Å². The number of nitrogens with zero attached hydrogens (tertiary/aromatic N) is 6. The summed E-state index contributed by atoms with van der Waals surface area (Å²) in [6.45, 7) is 10.4. The van der Waals surface area contributed by atoms with Crippen LogP contribution in [0.4, 0.5) is 5.82 Å². The van der Waals surface area contributed by atoms with Gasteiger partial charge in [0, 0.05) is 46.9 Å². The van der Waals surface area contributed by atoms with Crippen LogP contribution in [0.2, 0.25) is 0 Å². The van der Waals surface area contributed by atoms with Crippen LogP contribution in [-0.2, 0) is 11.3 Å². The highest BCUT2D eigenvalue weighted by Crippen LogP contribution is 2.58. The highest BCUT2D eigenvalue weighted by atomic mass is 16.4. The average molecular weight is 591 g/mol. The summed E-state index contributed by atoms with van der Waals surface area (Å²) < 4.78 is 3.83. The summed E-state index contributed by atoms with van der Waals surface area (Å²) in [6.07, 6.45) is 3.02. The van der Waals surface area contributed by atoms with Gasteiger partial charge in [0.15, 0.2) is 0 Å². The molecule has 1 aliphatic heterocycles. The Morgan fingerprint density at radius 1 is 1.05 bits per heavy atom. The molecule has 44 heavy (non-hydrogen) atoms. The largest absolute Gasteiger partial charge is 0.481 e. The number of carbonyl (C=O) groups is 1. The van der Waals surface area contributed by atoms with Crippen LogP contribution in [0.5, 0.6) is 0 Å². The normalized spacial score (nSPS) is 20.2. The Labute approximate surface area is 256 Å². The third-order valence-corrected chi connectivity index (χ3v) is 9.61. The Kier molecular flexibility index (Phi) is 6.81. The fourth-order valence-electron chi connectivity index (χ4n) is 7.17. The predicted octanol–water partition coefficient (Wildman–Crippen LogP) is 6.06. The molecule has 1 saturated heterocycles. The Balaban J connectivity index is 1.21. The molecule has 1 spiro atoms. The molecule has 1 aliphatic carbocycles. The molecule has 9 heteroatoms. The summed E-state index contributed by atoms with van der Waals surface area (Å²) in [6, 6.07) is 19.9. The van der Waals surface area contributed by atoms with Crippen molar-refractivity contribution in [1.29, 1.82) is 0 Å². The van der Waals surface area contributed by atoms with Crippen molar-refractivity contribution in [3.63, 3.8) is 0 Å². The van der Waals surface area contributed by atoms with E-state index in [0.717, 1.165) is 76.5 Å². The van der Waals surface area contributed by atoms with Gasteiger partial charge in [-0.1, -0.05) is 56.3 Å². The average Bonchev–Trinajstić information content (AvgIpc) is 3.26. The van der Waals surface area contributed by atoms with E-state index in [1.165, 1.54) is 5.56 Å². The number of carboxylic acid groups (broad SMARTS) is 1. The van der Waals surface area contributed by atoms with Gasteiger partial charge in [0.2, 0.25) is 0 Å². The maximum Gasteiger partial charge on any atom is 0.307 e. The number of hydrogen-bond acceptors (Lipinski definition) is 6. The van der Waals surface area contributed by atoms with Crippen molar-refractivity contribution in [1.82, 2.24) is 24.5 Å². The minimum atomic E-state index is -0.676. The molecular weight excluding hydrogens is 552 g/mol. The number of benzene rings is 2. The number of aromatic nitrogens is 5. The molecule has 0 bridgehead atoms. The monoisotopic (exact) mass is 590 g/mol. The van der Waals surface area contributed by atoms with Crippen molar-refractivity contribution in [2.24, 2.45) is 11.3 Å². The van der Waals surface area contributed by atoms with E-state index in [1.807, 2.05) is 71.0 Å². The lowest BCUT2D eigenvalue weighted by molar-refractivity contribution is -0.139. The van der Waals surface area contributed by atoms with Gasteiger partial charge in [0.25, 0.3) is 0 Å². The van der Waals surface area contributed by atoms with Crippen LogP contribution in [0.1, 0.15) is 61.2 Å². The lowest BCUT2D eigenvalue weighted by Gasteiger charge is -2.19. The standard InChI is InChI=1S/C35H38N6O3/c1-21(2)32-23(4)41(29-13-14-31(36-22(29)3)39-16-15-35(20-39)17-27(35)34(43)44)38-33(32)25-11-8-12-28-26(25)18-40(37-28)19-30(42)24-9-6-5-7-10-24/h5-14,18,21,27,30,42H,15-17,19-20H2,1-4H3,(H,43,44). The maximum absolute atomic E-state index is 11.5.